The maximum absolute atomic E-state index is 13.8. The number of hydrogen-bond acceptors (Lipinski definition) is 1. The molecule has 1 amide bonds. The highest BCUT2D eigenvalue weighted by Gasteiger charge is 2.41. The molecular formula is C29H19ClF7NO. The van der Waals surface area contributed by atoms with Gasteiger partial charge in [-0.1, -0.05) is 66.2 Å². The summed E-state index contributed by atoms with van der Waals surface area (Å²) < 4.78 is 96.1. The number of halogens is 8. The van der Waals surface area contributed by atoms with E-state index in [9.17, 15) is 35.5 Å². The van der Waals surface area contributed by atoms with Crippen LogP contribution in [0.4, 0.5) is 30.7 Å². The summed E-state index contributed by atoms with van der Waals surface area (Å²) >= 11 is 5.83. The van der Waals surface area contributed by atoms with Gasteiger partial charge >= 0.3 is 12.4 Å². The summed E-state index contributed by atoms with van der Waals surface area (Å²) in [5.74, 6) is -1.69. The first-order chi connectivity index (χ1) is 18.3. The molecule has 4 rings (SSSR count). The average molecular weight is 566 g/mol. The maximum Gasteiger partial charge on any atom is 0.416 e. The minimum atomic E-state index is -4.77. The van der Waals surface area contributed by atoms with Crippen LogP contribution >= 0.6 is 11.6 Å². The van der Waals surface area contributed by atoms with Gasteiger partial charge < -0.3 is 5.32 Å². The van der Waals surface area contributed by atoms with Crippen molar-refractivity contribution in [3.8, 4) is 0 Å². The molecule has 0 atom stereocenters. The van der Waals surface area contributed by atoms with Crippen LogP contribution in [0.15, 0.2) is 97.1 Å². The zero-order valence-corrected chi connectivity index (χ0v) is 20.6. The lowest BCUT2D eigenvalue weighted by atomic mass is 9.76. The zero-order chi connectivity index (χ0) is 28.4. The Kier molecular flexibility index (Phi) is 7.75. The molecule has 202 valence electrons. The molecule has 10 heteroatoms. The van der Waals surface area contributed by atoms with Gasteiger partial charge in [0, 0.05) is 12.0 Å². The molecular weight excluding hydrogens is 547 g/mol. The molecule has 0 saturated carbocycles. The van der Waals surface area contributed by atoms with Gasteiger partial charge in [0.05, 0.1) is 21.7 Å². The predicted octanol–water partition coefficient (Wildman–Crippen LogP) is 8.43. The monoisotopic (exact) mass is 565 g/mol. The van der Waals surface area contributed by atoms with Gasteiger partial charge in [0.15, 0.2) is 0 Å². The molecule has 0 aliphatic rings. The zero-order valence-electron chi connectivity index (χ0n) is 19.9. The fourth-order valence-corrected chi connectivity index (χ4v) is 4.47. The molecule has 0 unspecified atom stereocenters. The Labute approximate surface area is 224 Å². The topological polar surface area (TPSA) is 29.1 Å². The summed E-state index contributed by atoms with van der Waals surface area (Å²) in [6.07, 6.45) is -9.75. The molecule has 2 nitrogen and oxygen atoms in total. The second-order valence-corrected chi connectivity index (χ2v) is 9.22. The van der Waals surface area contributed by atoms with Crippen molar-refractivity contribution in [2.75, 3.05) is 0 Å². The molecule has 0 fully saturated rings. The van der Waals surface area contributed by atoms with E-state index < -0.39 is 40.7 Å². The van der Waals surface area contributed by atoms with E-state index in [2.05, 4.69) is 5.32 Å². The lowest BCUT2D eigenvalue weighted by Gasteiger charge is -2.37. The second kappa shape index (κ2) is 10.7. The highest BCUT2D eigenvalue weighted by Crippen LogP contribution is 2.40. The SMILES string of the molecule is O=C(NC(Cc1ccccc1)(c1cccc(C(F)(F)F)c1)c1cccc(C(F)(F)F)c1)c1ccc(F)c(Cl)c1. The Hall–Kier alpha value is -3.85. The molecule has 0 heterocycles. The molecule has 0 aliphatic carbocycles. The number of nitrogens with one attached hydrogen (secondary N) is 1. The van der Waals surface area contributed by atoms with Gasteiger partial charge in [-0.15, -0.1) is 0 Å². The first kappa shape index (κ1) is 28.2. The average Bonchev–Trinajstić information content (AvgIpc) is 2.89. The number of carbonyl (C=O) groups is 1. The highest BCUT2D eigenvalue weighted by molar-refractivity contribution is 6.31. The van der Waals surface area contributed by atoms with Crippen LogP contribution in [0.2, 0.25) is 5.02 Å². The summed E-state index contributed by atoms with van der Waals surface area (Å²) in [7, 11) is 0. The third kappa shape index (κ3) is 6.25. The second-order valence-electron chi connectivity index (χ2n) is 8.81. The number of hydrogen-bond donors (Lipinski definition) is 1. The van der Waals surface area contributed by atoms with Crippen LogP contribution in [-0.2, 0) is 24.3 Å². The van der Waals surface area contributed by atoms with Crippen molar-refractivity contribution in [3.05, 3.63) is 141 Å². The summed E-state index contributed by atoms with van der Waals surface area (Å²) in [5, 5.41) is 2.30. The quantitative estimate of drug-likeness (QED) is 0.234. The van der Waals surface area contributed by atoms with E-state index in [-0.39, 0.29) is 28.1 Å². The fourth-order valence-electron chi connectivity index (χ4n) is 4.29. The molecule has 0 aliphatic heterocycles. The largest absolute Gasteiger partial charge is 0.416 e. The molecule has 0 bridgehead atoms. The van der Waals surface area contributed by atoms with Gasteiger partial charge in [0.25, 0.3) is 5.91 Å². The van der Waals surface area contributed by atoms with Crippen LogP contribution in [0.5, 0.6) is 0 Å². The van der Waals surface area contributed by atoms with Crippen molar-refractivity contribution in [3.63, 3.8) is 0 Å². The summed E-state index contributed by atoms with van der Waals surface area (Å²) in [5.41, 5.74) is -3.86. The van der Waals surface area contributed by atoms with Crippen LogP contribution in [0.25, 0.3) is 0 Å². The van der Waals surface area contributed by atoms with Gasteiger partial charge in [-0.2, -0.15) is 26.3 Å². The lowest BCUT2D eigenvalue weighted by molar-refractivity contribution is -0.138. The molecule has 4 aromatic carbocycles. The van der Waals surface area contributed by atoms with Gasteiger partial charge in [-0.25, -0.2) is 4.39 Å². The highest BCUT2D eigenvalue weighted by atomic mass is 35.5. The normalized spacial score (nSPS) is 12.3. The molecule has 0 saturated heterocycles. The van der Waals surface area contributed by atoms with Crippen molar-refractivity contribution >= 4 is 17.5 Å². The van der Waals surface area contributed by atoms with Crippen LogP contribution in [0.1, 0.15) is 38.2 Å². The Balaban J connectivity index is 2.00. The van der Waals surface area contributed by atoms with Gasteiger partial charge in [-0.05, 0) is 59.2 Å². The van der Waals surface area contributed by atoms with E-state index >= 15 is 0 Å². The minimum Gasteiger partial charge on any atom is -0.338 e. The number of alkyl halides is 6. The molecule has 1 N–H and O–H groups in total. The van der Waals surface area contributed by atoms with Crippen LogP contribution in [0, 0.1) is 5.82 Å². The van der Waals surface area contributed by atoms with E-state index in [4.69, 9.17) is 11.6 Å². The molecule has 0 aromatic heterocycles. The van der Waals surface area contributed by atoms with E-state index in [0.29, 0.717) is 5.56 Å². The molecule has 0 radical (unpaired) electrons. The van der Waals surface area contributed by atoms with Gasteiger partial charge in [0.2, 0.25) is 0 Å². The van der Waals surface area contributed by atoms with Crippen molar-refractivity contribution in [2.24, 2.45) is 0 Å². The van der Waals surface area contributed by atoms with E-state index in [1.807, 2.05) is 0 Å². The fraction of sp³-hybridized carbons (Fsp3) is 0.138. The van der Waals surface area contributed by atoms with Crippen LogP contribution in [-0.4, -0.2) is 5.91 Å². The van der Waals surface area contributed by atoms with Crippen LogP contribution < -0.4 is 5.32 Å². The molecule has 4 aromatic rings. The summed E-state index contributed by atoms with van der Waals surface area (Å²) in [4.78, 5) is 13.5. The first-order valence-electron chi connectivity index (χ1n) is 11.5. The van der Waals surface area contributed by atoms with Crippen molar-refractivity contribution in [1.82, 2.24) is 5.32 Å². The number of rotatable bonds is 6. The van der Waals surface area contributed by atoms with Crippen molar-refractivity contribution < 1.29 is 35.5 Å². The van der Waals surface area contributed by atoms with Gasteiger partial charge in [-0.3, -0.25) is 4.79 Å². The lowest BCUT2D eigenvalue weighted by Crippen LogP contribution is -2.49. The standard InChI is InChI=1S/C29H19ClF7NO/c30-24-14-19(12-13-25(24)31)26(39)38-27(17-18-6-2-1-3-7-18,20-8-4-10-22(15-20)28(32,33)34)21-9-5-11-23(16-21)29(35,36)37/h1-16H,17H2,(H,38,39). The molecule has 0 spiro atoms. The van der Waals surface area contributed by atoms with E-state index in [1.165, 1.54) is 12.1 Å². The van der Waals surface area contributed by atoms with Crippen molar-refractivity contribution in [1.29, 1.82) is 0 Å². The summed E-state index contributed by atoms with van der Waals surface area (Å²) in [6.45, 7) is 0. The summed E-state index contributed by atoms with van der Waals surface area (Å²) in [6, 6.07) is 19.4. The first-order valence-corrected chi connectivity index (χ1v) is 11.8. The minimum absolute atomic E-state index is 0.109. The predicted molar refractivity (Wildman–Crippen MR) is 133 cm³/mol. The smallest absolute Gasteiger partial charge is 0.338 e. The van der Waals surface area contributed by atoms with E-state index in [1.54, 1.807) is 30.3 Å². The Bertz CT molecular complexity index is 1430. The van der Waals surface area contributed by atoms with E-state index in [0.717, 1.165) is 54.6 Å². The Morgan fingerprint density at radius 2 is 1.18 bits per heavy atom. The van der Waals surface area contributed by atoms with Crippen molar-refractivity contribution in [2.45, 2.75) is 24.3 Å². The Morgan fingerprint density at radius 3 is 1.67 bits per heavy atom. The third-order valence-electron chi connectivity index (χ3n) is 6.19. The number of benzene rings is 4. The third-order valence-corrected chi connectivity index (χ3v) is 6.48. The number of amides is 1. The Morgan fingerprint density at radius 1 is 0.667 bits per heavy atom. The van der Waals surface area contributed by atoms with Gasteiger partial charge in [0.1, 0.15) is 5.82 Å². The van der Waals surface area contributed by atoms with Crippen LogP contribution in [0.3, 0.4) is 0 Å². The number of carbonyl (C=O) groups excluding carboxylic acids is 1. The molecule has 39 heavy (non-hydrogen) atoms. The maximum atomic E-state index is 13.8.